The van der Waals surface area contributed by atoms with Gasteiger partial charge in [-0.1, -0.05) is 17.7 Å². The summed E-state index contributed by atoms with van der Waals surface area (Å²) in [4.78, 5) is 12.6. The summed E-state index contributed by atoms with van der Waals surface area (Å²) in [5.41, 5.74) is 9.80. The SMILES string of the molecule is Cc1ccc(-n2c(C)cc(/C=C(\C#N)C(=O)Nn3c(C)ccc3C)c2C)cc1. The van der Waals surface area contributed by atoms with E-state index in [0.717, 1.165) is 34.0 Å². The van der Waals surface area contributed by atoms with Crippen LogP contribution in [0.1, 0.15) is 33.9 Å². The van der Waals surface area contributed by atoms with E-state index in [-0.39, 0.29) is 5.57 Å². The van der Waals surface area contributed by atoms with Crippen molar-refractivity contribution >= 4 is 12.0 Å². The van der Waals surface area contributed by atoms with Crippen molar-refractivity contribution < 1.29 is 4.79 Å². The van der Waals surface area contributed by atoms with Gasteiger partial charge in [-0.3, -0.25) is 14.9 Å². The zero-order chi connectivity index (χ0) is 20.4. The number of amides is 1. The van der Waals surface area contributed by atoms with Crippen LogP contribution in [0.2, 0.25) is 0 Å². The fraction of sp³-hybridized carbons (Fsp3) is 0.217. The van der Waals surface area contributed by atoms with E-state index < -0.39 is 5.91 Å². The highest BCUT2D eigenvalue weighted by atomic mass is 16.2. The van der Waals surface area contributed by atoms with Gasteiger partial charge in [0.1, 0.15) is 11.6 Å². The van der Waals surface area contributed by atoms with E-state index in [1.54, 1.807) is 10.8 Å². The van der Waals surface area contributed by atoms with Crippen molar-refractivity contribution in [1.29, 1.82) is 5.26 Å². The summed E-state index contributed by atoms with van der Waals surface area (Å²) < 4.78 is 3.81. The molecule has 0 unspecified atom stereocenters. The van der Waals surface area contributed by atoms with Gasteiger partial charge in [0.2, 0.25) is 0 Å². The van der Waals surface area contributed by atoms with Crippen LogP contribution < -0.4 is 5.43 Å². The molecule has 142 valence electrons. The van der Waals surface area contributed by atoms with Crippen molar-refractivity contribution in [3.63, 3.8) is 0 Å². The molecule has 0 aliphatic carbocycles. The highest BCUT2D eigenvalue weighted by Crippen LogP contribution is 2.23. The van der Waals surface area contributed by atoms with Gasteiger partial charge in [-0.15, -0.1) is 0 Å². The Kier molecular flexibility index (Phi) is 5.23. The Labute approximate surface area is 165 Å². The zero-order valence-electron chi connectivity index (χ0n) is 16.9. The fourth-order valence-corrected chi connectivity index (χ4v) is 3.34. The van der Waals surface area contributed by atoms with Gasteiger partial charge in [0.15, 0.2) is 0 Å². The Morgan fingerprint density at radius 3 is 2.14 bits per heavy atom. The third-order valence-electron chi connectivity index (χ3n) is 4.91. The third-order valence-corrected chi connectivity index (χ3v) is 4.91. The maximum Gasteiger partial charge on any atom is 0.280 e. The first kappa shape index (κ1) is 19.2. The Morgan fingerprint density at radius 2 is 1.57 bits per heavy atom. The van der Waals surface area contributed by atoms with Crippen molar-refractivity contribution in [3.8, 4) is 11.8 Å². The lowest BCUT2D eigenvalue weighted by atomic mass is 10.1. The molecule has 28 heavy (non-hydrogen) atoms. The second-order valence-electron chi connectivity index (χ2n) is 7.06. The highest BCUT2D eigenvalue weighted by molar-refractivity contribution is 6.06. The van der Waals surface area contributed by atoms with Gasteiger partial charge in [0, 0.05) is 28.5 Å². The zero-order valence-corrected chi connectivity index (χ0v) is 16.9. The number of hydrogen-bond donors (Lipinski definition) is 1. The van der Waals surface area contributed by atoms with Gasteiger partial charge in [0.05, 0.1) is 0 Å². The number of aryl methyl sites for hydroxylation is 4. The van der Waals surface area contributed by atoms with E-state index in [2.05, 4.69) is 41.2 Å². The standard InChI is InChI=1S/C23H24N4O/c1-15-6-10-22(11-7-15)26-18(4)12-20(19(26)5)13-21(14-24)23(28)25-27-16(2)8-9-17(27)3/h6-13H,1-5H3,(H,25,28)/b21-13+. The number of carbonyl (C=O) groups excluding carboxylic acids is 1. The molecule has 1 N–H and O–H groups in total. The van der Waals surface area contributed by atoms with Gasteiger partial charge in [-0.25, -0.2) is 0 Å². The molecule has 0 atom stereocenters. The molecular formula is C23H24N4O. The third kappa shape index (κ3) is 3.63. The molecule has 0 spiro atoms. The van der Waals surface area contributed by atoms with Gasteiger partial charge >= 0.3 is 0 Å². The lowest BCUT2D eigenvalue weighted by Crippen LogP contribution is -2.25. The van der Waals surface area contributed by atoms with Crippen molar-refractivity contribution in [2.45, 2.75) is 34.6 Å². The Hall–Kier alpha value is -3.52. The molecule has 2 aromatic heterocycles. The Balaban J connectivity index is 1.95. The summed E-state index contributed by atoms with van der Waals surface area (Å²) in [7, 11) is 0. The van der Waals surface area contributed by atoms with Crippen LogP contribution in [0.25, 0.3) is 11.8 Å². The average Bonchev–Trinajstić information content (AvgIpc) is 3.13. The van der Waals surface area contributed by atoms with Gasteiger partial charge in [-0.05, 0) is 76.6 Å². The minimum atomic E-state index is -0.426. The topological polar surface area (TPSA) is 62.8 Å². The van der Waals surface area contributed by atoms with E-state index in [0.29, 0.717) is 0 Å². The number of nitrogens with one attached hydrogen (secondary N) is 1. The first-order chi connectivity index (χ1) is 13.3. The monoisotopic (exact) mass is 372 g/mol. The first-order valence-corrected chi connectivity index (χ1v) is 9.16. The van der Waals surface area contributed by atoms with Crippen molar-refractivity contribution in [2.75, 3.05) is 5.43 Å². The van der Waals surface area contributed by atoms with E-state index in [4.69, 9.17) is 0 Å². The summed E-state index contributed by atoms with van der Waals surface area (Å²) in [5, 5.41) is 9.54. The first-order valence-electron chi connectivity index (χ1n) is 9.16. The minimum Gasteiger partial charge on any atom is -0.318 e. The number of nitriles is 1. The predicted molar refractivity (Wildman–Crippen MR) is 112 cm³/mol. The Bertz CT molecular complexity index is 1090. The van der Waals surface area contributed by atoms with E-state index >= 15 is 0 Å². The lowest BCUT2D eigenvalue weighted by Gasteiger charge is -2.11. The summed E-state index contributed by atoms with van der Waals surface area (Å²) in [6.45, 7) is 9.87. The average molecular weight is 372 g/mol. The summed E-state index contributed by atoms with van der Waals surface area (Å²) >= 11 is 0. The normalized spacial score (nSPS) is 11.4. The lowest BCUT2D eigenvalue weighted by molar-refractivity contribution is -0.113. The molecule has 0 aliphatic heterocycles. The second-order valence-corrected chi connectivity index (χ2v) is 7.06. The second kappa shape index (κ2) is 7.61. The van der Waals surface area contributed by atoms with Crippen LogP contribution in [0.4, 0.5) is 0 Å². The number of carbonyl (C=O) groups is 1. The molecule has 0 radical (unpaired) electrons. The number of benzene rings is 1. The summed E-state index contributed by atoms with van der Waals surface area (Å²) in [6.07, 6.45) is 1.65. The quantitative estimate of drug-likeness (QED) is 0.541. The van der Waals surface area contributed by atoms with Gasteiger partial charge < -0.3 is 4.57 Å². The molecule has 3 aromatic rings. The van der Waals surface area contributed by atoms with Crippen molar-refractivity contribution in [3.05, 3.63) is 81.9 Å². The van der Waals surface area contributed by atoms with Crippen LogP contribution in [-0.2, 0) is 4.79 Å². The highest BCUT2D eigenvalue weighted by Gasteiger charge is 2.15. The molecule has 3 rings (SSSR count). The number of nitrogens with zero attached hydrogens (tertiary/aromatic N) is 3. The van der Waals surface area contributed by atoms with Crippen LogP contribution in [-0.4, -0.2) is 15.2 Å². The molecule has 5 heteroatoms. The molecule has 0 aliphatic rings. The van der Waals surface area contributed by atoms with Crippen LogP contribution in [0, 0.1) is 45.9 Å². The largest absolute Gasteiger partial charge is 0.318 e. The van der Waals surface area contributed by atoms with Gasteiger partial charge in [0.25, 0.3) is 5.91 Å². The maximum absolute atomic E-state index is 12.6. The molecule has 0 bridgehead atoms. The fourth-order valence-electron chi connectivity index (χ4n) is 3.34. The number of aromatic nitrogens is 2. The van der Waals surface area contributed by atoms with Crippen LogP contribution in [0.5, 0.6) is 0 Å². The van der Waals surface area contributed by atoms with Crippen LogP contribution >= 0.6 is 0 Å². The molecule has 0 saturated heterocycles. The number of hydrogen-bond acceptors (Lipinski definition) is 2. The molecule has 0 fully saturated rings. The molecular weight excluding hydrogens is 348 g/mol. The minimum absolute atomic E-state index is 0.0663. The molecule has 5 nitrogen and oxygen atoms in total. The summed E-state index contributed by atoms with van der Waals surface area (Å²) in [5.74, 6) is -0.426. The van der Waals surface area contributed by atoms with Crippen LogP contribution in [0.3, 0.4) is 0 Å². The number of rotatable bonds is 4. The molecule has 0 saturated carbocycles. The maximum atomic E-state index is 12.6. The van der Waals surface area contributed by atoms with Gasteiger partial charge in [-0.2, -0.15) is 5.26 Å². The van der Waals surface area contributed by atoms with E-state index in [1.165, 1.54) is 5.56 Å². The van der Waals surface area contributed by atoms with E-state index in [9.17, 15) is 10.1 Å². The van der Waals surface area contributed by atoms with Crippen molar-refractivity contribution in [1.82, 2.24) is 9.24 Å². The Morgan fingerprint density at radius 1 is 0.964 bits per heavy atom. The van der Waals surface area contributed by atoms with E-state index in [1.807, 2.05) is 52.0 Å². The van der Waals surface area contributed by atoms with Crippen LogP contribution in [0.15, 0.2) is 48.0 Å². The van der Waals surface area contributed by atoms with Crippen molar-refractivity contribution in [2.24, 2.45) is 0 Å². The molecule has 1 aromatic carbocycles. The molecule has 2 heterocycles. The summed E-state index contributed by atoms with van der Waals surface area (Å²) in [6, 6.07) is 16.1. The smallest absolute Gasteiger partial charge is 0.280 e. The molecule has 1 amide bonds. The predicted octanol–water partition coefficient (Wildman–Crippen LogP) is 4.50.